The zero-order valence-electron chi connectivity index (χ0n) is 13.7. The minimum atomic E-state index is -1.11. The lowest BCUT2D eigenvalue weighted by Crippen LogP contribution is -2.12. The van der Waals surface area contributed by atoms with Crippen LogP contribution >= 0.6 is 22.6 Å². The number of benzene rings is 1. The van der Waals surface area contributed by atoms with Gasteiger partial charge in [-0.3, -0.25) is 0 Å². The summed E-state index contributed by atoms with van der Waals surface area (Å²) in [6.07, 6.45) is -1.11. The number of rotatable bonds is 7. The number of aliphatic hydroxyl groups excluding tert-OH is 1. The van der Waals surface area contributed by atoms with Crippen molar-refractivity contribution in [3.8, 4) is 11.8 Å². The van der Waals surface area contributed by atoms with Crippen LogP contribution in [0.4, 0.5) is 5.69 Å². The molecule has 0 fully saturated rings. The first-order valence-electron chi connectivity index (χ1n) is 7.30. The zero-order chi connectivity index (χ0) is 17.7. The van der Waals surface area contributed by atoms with Crippen LogP contribution in [0, 0.1) is 3.57 Å². The van der Waals surface area contributed by atoms with E-state index < -0.39 is 6.10 Å². The fourth-order valence-corrected chi connectivity index (χ4v) is 2.86. The van der Waals surface area contributed by atoms with Crippen LogP contribution in [-0.4, -0.2) is 35.9 Å². The monoisotopic (exact) mass is 445 g/mol. The van der Waals surface area contributed by atoms with Crippen LogP contribution in [0.2, 0.25) is 0 Å². The number of nitrogen functional groups attached to an aromatic ring is 1. The summed E-state index contributed by atoms with van der Waals surface area (Å²) in [5.74, 6) is 0.756. The van der Waals surface area contributed by atoms with Crippen LogP contribution < -0.4 is 15.2 Å². The van der Waals surface area contributed by atoms with Crippen LogP contribution in [0.3, 0.4) is 0 Å². The van der Waals surface area contributed by atoms with Crippen LogP contribution in [-0.2, 0) is 11.3 Å². The predicted molar refractivity (Wildman–Crippen MR) is 98.1 cm³/mol. The highest BCUT2D eigenvalue weighted by Gasteiger charge is 2.21. The Balaban J connectivity index is 2.45. The van der Waals surface area contributed by atoms with Gasteiger partial charge in [0.15, 0.2) is 5.82 Å². The Morgan fingerprint density at radius 3 is 2.33 bits per heavy atom. The first-order chi connectivity index (χ1) is 11.5. The molecule has 0 aliphatic rings. The lowest BCUT2D eigenvalue weighted by atomic mass is 10.0. The van der Waals surface area contributed by atoms with Gasteiger partial charge in [-0.1, -0.05) is 0 Å². The molecule has 2 aromatic rings. The number of aliphatic hydroxyl groups is 1. The molecule has 0 aliphatic heterocycles. The van der Waals surface area contributed by atoms with Crippen LogP contribution in [0.15, 0.2) is 18.2 Å². The molecule has 130 valence electrons. The average molecular weight is 445 g/mol. The first kappa shape index (κ1) is 18.7. The quantitative estimate of drug-likeness (QED) is 0.499. The Labute approximate surface area is 154 Å². The van der Waals surface area contributed by atoms with Gasteiger partial charge in [-0.15, -0.1) is 0 Å². The molecule has 8 heteroatoms. The zero-order valence-corrected chi connectivity index (χ0v) is 15.9. The van der Waals surface area contributed by atoms with E-state index in [0.717, 1.165) is 9.13 Å². The summed E-state index contributed by atoms with van der Waals surface area (Å²) >= 11 is 2.17. The van der Waals surface area contributed by atoms with E-state index >= 15 is 0 Å². The first-order valence-corrected chi connectivity index (χ1v) is 8.38. The van der Waals surface area contributed by atoms with Gasteiger partial charge in [0.05, 0.1) is 26.9 Å². The van der Waals surface area contributed by atoms with Gasteiger partial charge in [0.2, 0.25) is 11.8 Å². The number of nitrogens with two attached hydrogens (primary N) is 1. The van der Waals surface area contributed by atoms with E-state index in [0.29, 0.717) is 36.2 Å². The summed E-state index contributed by atoms with van der Waals surface area (Å²) in [6.45, 7) is 2.87. The number of anilines is 1. The second-order valence-corrected chi connectivity index (χ2v) is 6.16. The van der Waals surface area contributed by atoms with Crippen LogP contribution in [0.1, 0.15) is 30.0 Å². The average Bonchev–Trinajstić information content (AvgIpc) is 2.60. The SMILES string of the molecule is CCOCc1cc(I)cc(C(O)c2nc(OC)cc(OC)n2)c1N. The normalized spacial score (nSPS) is 12.0. The summed E-state index contributed by atoms with van der Waals surface area (Å²) in [5.41, 5.74) is 8.00. The van der Waals surface area contributed by atoms with E-state index in [1.54, 1.807) is 6.07 Å². The highest BCUT2D eigenvalue weighted by molar-refractivity contribution is 14.1. The molecule has 1 unspecified atom stereocenters. The van der Waals surface area contributed by atoms with Gasteiger partial charge in [-0.2, -0.15) is 9.97 Å². The summed E-state index contributed by atoms with van der Waals surface area (Å²) in [4.78, 5) is 8.37. The Hall–Kier alpha value is -1.65. The highest BCUT2D eigenvalue weighted by Crippen LogP contribution is 2.31. The Kier molecular flexibility index (Phi) is 6.58. The van der Waals surface area contributed by atoms with E-state index in [-0.39, 0.29) is 5.82 Å². The number of nitrogens with zero attached hydrogens (tertiary/aromatic N) is 2. The molecule has 1 atom stereocenters. The molecule has 24 heavy (non-hydrogen) atoms. The van der Waals surface area contributed by atoms with Gasteiger partial charge in [-0.05, 0) is 41.6 Å². The number of ether oxygens (including phenoxy) is 3. The third kappa shape index (κ3) is 4.25. The molecule has 0 bridgehead atoms. The molecule has 0 saturated heterocycles. The molecular formula is C16H20IN3O4. The molecule has 1 heterocycles. The van der Waals surface area contributed by atoms with Crippen molar-refractivity contribution in [2.75, 3.05) is 26.6 Å². The molecule has 1 aromatic carbocycles. The number of hydrogen-bond acceptors (Lipinski definition) is 7. The Morgan fingerprint density at radius 2 is 1.79 bits per heavy atom. The number of aromatic nitrogens is 2. The van der Waals surface area contributed by atoms with Crippen molar-refractivity contribution in [3.05, 3.63) is 38.7 Å². The Bertz CT molecular complexity index is 690. The van der Waals surface area contributed by atoms with Crippen molar-refractivity contribution < 1.29 is 19.3 Å². The lowest BCUT2D eigenvalue weighted by molar-refractivity contribution is 0.134. The second-order valence-electron chi connectivity index (χ2n) is 4.92. The van der Waals surface area contributed by atoms with Gasteiger partial charge < -0.3 is 25.1 Å². The third-order valence-electron chi connectivity index (χ3n) is 3.38. The maximum absolute atomic E-state index is 10.7. The molecule has 2 rings (SSSR count). The second kappa shape index (κ2) is 8.45. The molecule has 7 nitrogen and oxygen atoms in total. The fourth-order valence-electron chi connectivity index (χ4n) is 2.15. The molecule has 0 aliphatic carbocycles. The maximum atomic E-state index is 10.7. The molecule has 0 amide bonds. The summed E-state index contributed by atoms with van der Waals surface area (Å²) in [6, 6.07) is 5.26. The standard InChI is InChI=1S/C16H20IN3O4/c1-4-24-8-9-5-10(17)6-11(14(9)18)15(21)16-19-12(22-2)7-13(20-16)23-3/h5-7,15,21H,4,8,18H2,1-3H3. The number of hydrogen-bond donors (Lipinski definition) is 2. The van der Waals surface area contributed by atoms with Crippen molar-refractivity contribution >= 4 is 28.3 Å². The van der Waals surface area contributed by atoms with Gasteiger partial charge in [0.25, 0.3) is 0 Å². The lowest BCUT2D eigenvalue weighted by Gasteiger charge is -2.17. The summed E-state index contributed by atoms with van der Waals surface area (Å²) < 4.78 is 16.6. The molecular weight excluding hydrogens is 425 g/mol. The van der Waals surface area contributed by atoms with Crippen molar-refractivity contribution in [1.29, 1.82) is 0 Å². The van der Waals surface area contributed by atoms with Gasteiger partial charge in [0.1, 0.15) is 6.10 Å². The van der Waals surface area contributed by atoms with Gasteiger partial charge >= 0.3 is 0 Å². The fraction of sp³-hybridized carbons (Fsp3) is 0.375. The highest BCUT2D eigenvalue weighted by atomic mass is 127. The van der Waals surface area contributed by atoms with Crippen molar-refractivity contribution in [3.63, 3.8) is 0 Å². The number of halogens is 1. The molecule has 3 N–H and O–H groups in total. The topological polar surface area (TPSA) is 99.7 Å². The van der Waals surface area contributed by atoms with Crippen LogP contribution in [0.5, 0.6) is 11.8 Å². The predicted octanol–water partition coefficient (Wildman–Crippen LogP) is 2.30. The minimum absolute atomic E-state index is 0.155. The van der Waals surface area contributed by atoms with E-state index in [1.807, 2.05) is 13.0 Å². The van der Waals surface area contributed by atoms with E-state index in [4.69, 9.17) is 19.9 Å². The minimum Gasteiger partial charge on any atom is -0.481 e. The molecule has 1 aromatic heterocycles. The van der Waals surface area contributed by atoms with Crippen molar-refractivity contribution in [2.45, 2.75) is 19.6 Å². The maximum Gasteiger partial charge on any atom is 0.220 e. The van der Waals surface area contributed by atoms with E-state index in [2.05, 4.69) is 32.6 Å². The third-order valence-corrected chi connectivity index (χ3v) is 4.00. The largest absolute Gasteiger partial charge is 0.481 e. The summed E-state index contributed by atoms with van der Waals surface area (Å²) in [5, 5.41) is 10.7. The van der Waals surface area contributed by atoms with Crippen LogP contribution in [0.25, 0.3) is 0 Å². The smallest absolute Gasteiger partial charge is 0.220 e. The number of methoxy groups -OCH3 is 2. The molecule has 0 spiro atoms. The van der Waals surface area contributed by atoms with Crippen molar-refractivity contribution in [2.24, 2.45) is 0 Å². The summed E-state index contributed by atoms with van der Waals surface area (Å²) in [7, 11) is 2.97. The molecule has 0 radical (unpaired) electrons. The van der Waals surface area contributed by atoms with E-state index in [9.17, 15) is 5.11 Å². The van der Waals surface area contributed by atoms with E-state index in [1.165, 1.54) is 20.3 Å². The molecule has 0 saturated carbocycles. The van der Waals surface area contributed by atoms with Gasteiger partial charge in [-0.25, -0.2) is 0 Å². The Morgan fingerprint density at radius 1 is 1.17 bits per heavy atom. The van der Waals surface area contributed by atoms with Gasteiger partial charge in [0, 0.05) is 27.0 Å². The van der Waals surface area contributed by atoms with Crippen molar-refractivity contribution in [1.82, 2.24) is 9.97 Å².